The highest BCUT2D eigenvalue weighted by Gasteiger charge is 2.35. The maximum absolute atomic E-state index is 13.5. The number of aryl methyl sites for hydroxylation is 1. The summed E-state index contributed by atoms with van der Waals surface area (Å²) in [6.07, 6.45) is 3.13. The summed E-state index contributed by atoms with van der Waals surface area (Å²) in [5.41, 5.74) is 2.26. The Hall–Kier alpha value is -2.34. The van der Waals surface area contributed by atoms with E-state index in [0.717, 1.165) is 23.3 Å². The van der Waals surface area contributed by atoms with Crippen LogP contribution in [-0.2, 0) is 11.2 Å². The van der Waals surface area contributed by atoms with Crippen molar-refractivity contribution in [3.63, 3.8) is 0 Å². The summed E-state index contributed by atoms with van der Waals surface area (Å²) in [5.74, 6) is -2.04. The molecule has 0 saturated carbocycles. The molecule has 6 heteroatoms. The lowest BCUT2D eigenvalue weighted by molar-refractivity contribution is -0.131. The fraction of sp³-hybridized carbons (Fsp3) is 0.333. The molecule has 1 saturated heterocycles. The maximum Gasteiger partial charge on any atom is 0.227 e. The van der Waals surface area contributed by atoms with Gasteiger partial charge in [0, 0.05) is 18.9 Å². The fourth-order valence-corrected chi connectivity index (χ4v) is 3.09. The highest BCUT2D eigenvalue weighted by molar-refractivity contribution is 5.80. The summed E-state index contributed by atoms with van der Waals surface area (Å²) >= 11 is 0. The summed E-state index contributed by atoms with van der Waals surface area (Å²) in [6.45, 7) is 2.06. The Bertz CT molecular complexity index is 766. The smallest absolute Gasteiger partial charge is 0.227 e. The number of β-amino-alcohol motifs (C(OH)–C–C–N with tert-alkyl or cyclic N) is 1. The standard InChI is InChI=1S/C18H18F2N2O2/c1-11-9-21-5-4-12(11)7-18(24)22-10-14(23)8-17(22)13-2-3-15(19)16(20)6-13/h2-6,9,14,17,23H,7-8,10H2,1H3/t14-,17-/m0/s1. The van der Waals surface area contributed by atoms with Gasteiger partial charge in [-0.25, -0.2) is 8.78 Å². The molecular weight excluding hydrogens is 314 g/mol. The van der Waals surface area contributed by atoms with Crippen LogP contribution in [0.4, 0.5) is 8.78 Å². The van der Waals surface area contributed by atoms with E-state index in [1.54, 1.807) is 18.5 Å². The van der Waals surface area contributed by atoms with Crippen molar-refractivity contribution < 1.29 is 18.7 Å². The number of nitrogens with zero attached hydrogens (tertiary/aromatic N) is 2. The maximum atomic E-state index is 13.5. The van der Waals surface area contributed by atoms with Crippen LogP contribution in [0.25, 0.3) is 0 Å². The Labute approximate surface area is 138 Å². The second kappa shape index (κ2) is 6.65. The minimum atomic E-state index is -0.953. The van der Waals surface area contributed by atoms with Crippen molar-refractivity contribution in [3.05, 3.63) is 65.0 Å². The minimum Gasteiger partial charge on any atom is -0.391 e. The first-order valence-electron chi connectivity index (χ1n) is 7.77. The van der Waals surface area contributed by atoms with Crippen molar-refractivity contribution in [2.75, 3.05) is 6.54 Å². The molecule has 1 N–H and O–H groups in total. The molecule has 3 rings (SSSR count). The normalized spacial score (nSPS) is 20.4. The molecule has 2 heterocycles. The number of pyridine rings is 1. The lowest BCUT2D eigenvalue weighted by Crippen LogP contribution is -2.33. The van der Waals surface area contributed by atoms with Crippen LogP contribution in [0.1, 0.15) is 29.2 Å². The van der Waals surface area contributed by atoms with E-state index in [1.165, 1.54) is 11.0 Å². The van der Waals surface area contributed by atoms with Crippen molar-refractivity contribution in [2.45, 2.75) is 31.9 Å². The summed E-state index contributed by atoms with van der Waals surface area (Å²) in [5, 5.41) is 9.95. The van der Waals surface area contributed by atoms with E-state index in [-0.39, 0.29) is 18.9 Å². The molecule has 1 aromatic heterocycles. The molecule has 0 spiro atoms. The third-order valence-electron chi connectivity index (χ3n) is 4.41. The average molecular weight is 332 g/mol. The van der Waals surface area contributed by atoms with Gasteiger partial charge in [0.25, 0.3) is 0 Å². The number of aliphatic hydroxyl groups is 1. The molecular formula is C18H18F2N2O2. The Balaban J connectivity index is 1.83. The van der Waals surface area contributed by atoms with E-state index in [2.05, 4.69) is 4.98 Å². The number of halogens is 2. The molecule has 2 aromatic rings. The van der Waals surface area contributed by atoms with E-state index in [9.17, 15) is 18.7 Å². The van der Waals surface area contributed by atoms with Crippen LogP contribution in [0.2, 0.25) is 0 Å². The number of likely N-dealkylation sites (tertiary alicyclic amines) is 1. The van der Waals surface area contributed by atoms with Crippen molar-refractivity contribution in [2.24, 2.45) is 0 Å². The molecule has 0 aliphatic carbocycles. The third-order valence-corrected chi connectivity index (χ3v) is 4.41. The molecule has 1 fully saturated rings. The monoisotopic (exact) mass is 332 g/mol. The van der Waals surface area contributed by atoms with Crippen LogP contribution in [0, 0.1) is 18.6 Å². The molecule has 126 valence electrons. The van der Waals surface area contributed by atoms with Gasteiger partial charge < -0.3 is 10.0 Å². The number of aliphatic hydroxyl groups excluding tert-OH is 1. The highest BCUT2D eigenvalue weighted by atomic mass is 19.2. The van der Waals surface area contributed by atoms with Crippen LogP contribution < -0.4 is 0 Å². The summed E-state index contributed by atoms with van der Waals surface area (Å²) in [4.78, 5) is 18.2. The van der Waals surface area contributed by atoms with Crippen molar-refractivity contribution in [1.29, 1.82) is 0 Å². The SMILES string of the molecule is Cc1cnccc1CC(=O)N1C[C@@H](O)C[C@H]1c1ccc(F)c(F)c1. The van der Waals surface area contributed by atoms with Crippen LogP contribution in [0.5, 0.6) is 0 Å². The first kappa shape index (κ1) is 16.5. The molecule has 4 nitrogen and oxygen atoms in total. The second-order valence-electron chi connectivity index (χ2n) is 6.10. The van der Waals surface area contributed by atoms with Gasteiger partial charge in [0.1, 0.15) is 0 Å². The number of carbonyl (C=O) groups excluding carboxylic acids is 1. The predicted octanol–water partition coefficient (Wildman–Crippen LogP) is 2.55. The summed E-state index contributed by atoms with van der Waals surface area (Å²) < 4.78 is 26.6. The minimum absolute atomic E-state index is 0.157. The number of aromatic nitrogens is 1. The zero-order chi connectivity index (χ0) is 17.3. The topological polar surface area (TPSA) is 53.4 Å². The quantitative estimate of drug-likeness (QED) is 0.940. The molecule has 0 unspecified atom stereocenters. The first-order valence-corrected chi connectivity index (χ1v) is 7.77. The van der Waals surface area contributed by atoms with Crippen LogP contribution in [0.15, 0.2) is 36.7 Å². The molecule has 24 heavy (non-hydrogen) atoms. The molecule has 0 radical (unpaired) electrons. The van der Waals surface area contributed by atoms with E-state index in [0.29, 0.717) is 12.0 Å². The van der Waals surface area contributed by atoms with E-state index < -0.39 is 23.8 Å². The molecule has 1 aliphatic rings. The average Bonchev–Trinajstić information content (AvgIpc) is 2.94. The van der Waals surface area contributed by atoms with Gasteiger partial charge >= 0.3 is 0 Å². The summed E-state index contributed by atoms with van der Waals surface area (Å²) in [7, 11) is 0. The van der Waals surface area contributed by atoms with E-state index in [1.807, 2.05) is 6.92 Å². The number of amides is 1. The zero-order valence-electron chi connectivity index (χ0n) is 13.2. The first-order chi connectivity index (χ1) is 11.5. The molecule has 1 aromatic carbocycles. The van der Waals surface area contributed by atoms with Gasteiger partial charge in [0.15, 0.2) is 11.6 Å². The lowest BCUT2D eigenvalue weighted by atomic mass is 10.0. The van der Waals surface area contributed by atoms with Crippen molar-refractivity contribution in [1.82, 2.24) is 9.88 Å². The molecule has 1 amide bonds. The van der Waals surface area contributed by atoms with Gasteiger partial charge in [-0.2, -0.15) is 0 Å². The van der Waals surface area contributed by atoms with Gasteiger partial charge in [0.2, 0.25) is 5.91 Å². The molecule has 2 atom stereocenters. The van der Waals surface area contributed by atoms with Crippen molar-refractivity contribution >= 4 is 5.91 Å². The number of carbonyl (C=O) groups is 1. The lowest BCUT2D eigenvalue weighted by Gasteiger charge is -2.25. The Morgan fingerprint density at radius 3 is 2.83 bits per heavy atom. The summed E-state index contributed by atoms with van der Waals surface area (Å²) in [6, 6.07) is 4.93. The van der Waals surface area contributed by atoms with Crippen LogP contribution in [-0.4, -0.2) is 33.5 Å². The van der Waals surface area contributed by atoms with Crippen molar-refractivity contribution in [3.8, 4) is 0 Å². The van der Waals surface area contributed by atoms with Gasteiger partial charge in [0.05, 0.1) is 18.6 Å². The largest absolute Gasteiger partial charge is 0.391 e. The highest BCUT2D eigenvalue weighted by Crippen LogP contribution is 2.33. The zero-order valence-corrected chi connectivity index (χ0v) is 13.2. The Kier molecular flexibility index (Phi) is 4.57. The van der Waals surface area contributed by atoms with E-state index >= 15 is 0 Å². The number of hydrogen-bond donors (Lipinski definition) is 1. The number of rotatable bonds is 3. The Morgan fingerprint density at radius 1 is 1.33 bits per heavy atom. The number of benzene rings is 1. The third kappa shape index (κ3) is 3.28. The van der Waals surface area contributed by atoms with Gasteiger partial charge in [-0.3, -0.25) is 9.78 Å². The Morgan fingerprint density at radius 2 is 2.12 bits per heavy atom. The number of hydrogen-bond acceptors (Lipinski definition) is 3. The van der Waals surface area contributed by atoms with Gasteiger partial charge in [-0.15, -0.1) is 0 Å². The van der Waals surface area contributed by atoms with E-state index in [4.69, 9.17) is 0 Å². The van der Waals surface area contributed by atoms with Gasteiger partial charge in [-0.05, 0) is 48.2 Å². The fourth-order valence-electron chi connectivity index (χ4n) is 3.09. The predicted molar refractivity (Wildman–Crippen MR) is 84.1 cm³/mol. The van der Waals surface area contributed by atoms with Gasteiger partial charge in [-0.1, -0.05) is 6.07 Å². The second-order valence-corrected chi connectivity index (χ2v) is 6.10. The van der Waals surface area contributed by atoms with Crippen LogP contribution >= 0.6 is 0 Å². The molecule has 1 aliphatic heterocycles. The molecule has 0 bridgehead atoms. The van der Waals surface area contributed by atoms with Crippen LogP contribution in [0.3, 0.4) is 0 Å².